The molecule has 8 heteroatoms. The monoisotopic (exact) mass is 290 g/mol. The van der Waals surface area contributed by atoms with Crippen molar-refractivity contribution in [2.75, 3.05) is 0 Å². The lowest BCUT2D eigenvalue weighted by Gasteiger charge is -2.26. The Morgan fingerprint density at radius 1 is 1.35 bits per heavy atom. The lowest BCUT2D eigenvalue weighted by Crippen LogP contribution is -2.37. The van der Waals surface area contributed by atoms with Crippen molar-refractivity contribution in [1.29, 1.82) is 5.26 Å². The number of halogens is 1. The Hall–Kier alpha value is -1.22. The Morgan fingerprint density at radius 2 is 1.90 bits per heavy atom. The molecule has 1 unspecified atom stereocenters. The highest BCUT2D eigenvalue weighted by molar-refractivity contribution is 7.94. The number of hydrogen-bond acceptors (Lipinski definition) is 3. The topological polar surface area (TPSA) is 53.2 Å². The Bertz CT molecular complexity index is 655. The molecule has 0 saturated heterocycles. The molecule has 0 aromatic heterocycles. The first-order valence-electron chi connectivity index (χ1n) is 6.41. The summed E-state index contributed by atoms with van der Waals surface area (Å²) in [5.74, 6) is -0.476. The van der Waals surface area contributed by atoms with Gasteiger partial charge >= 0.3 is 0 Å². The fourth-order valence-corrected chi connectivity index (χ4v) is 4.00. The third kappa shape index (κ3) is 3.89. The van der Waals surface area contributed by atoms with Crippen LogP contribution in [0.3, 0.4) is 0 Å². The van der Waals surface area contributed by atoms with Gasteiger partial charge in [-0.2, -0.15) is 5.26 Å². The van der Waals surface area contributed by atoms with E-state index in [1.165, 1.54) is 6.07 Å². The van der Waals surface area contributed by atoms with E-state index in [4.69, 9.17) is 0 Å². The van der Waals surface area contributed by atoms with Crippen molar-refractivity contribution in [1.82, 2.24) is 0 Å². The Kier molecular flexibility index (Phi) is 4.76. The van der Waals surface area contributed by atoms with Gasteiger partial charge in [0.1, 0.15) is 34.1 Å². The number of benzene rings is 1. The van der Waals surface area contributed by atoms with E-state index in [2.05, 4.69) is 10.4 Å². The quantitative estimate of drug-likeness (QED) is 0.709. The maximum Gasteiger partial charge on any atom is 0.135 e. The van der Waals surface area contributed by atoms with Crippen LogP contribution in [0.15, 0.2) is 28.6 Å². The number of rotatable bonds is 4. The van der Waals surface area contributed by atoms with Crippen molar-refractivity contribution in [2.24, 2.45) is 4.36 Å². The molecule has 0 aliphatic carbocycles. The molecule has 0 spiro atoms. The van der Waals surface area contributed by atoms with E-state index in [0.717, 1.165) is 0 Å². The van der Waals surface area contributed by atoms with Gasteiger partial charge in [-0.3, -0.25) is 4.36 Å². The van der Waals surface area contributed by atoms with Crippen molar-refractivity contribution in [2.45, 2.75) is 29.6 Å². The zero-order valence-corrected chi connectivity index (χ0v) is 13.4. The highest BCUT2D eigenvalue weighted by Gasteiger charge is 2.34. The maximum absolute atomic E-state index is 13.8. The number of hydrogen-bond donors (Lipinski definition) is 0. The lowest BCUT2D eigenvalue weighted by atomic mass is 9.50. The first-order chi connectivity index (χ1) is 9.01. The van der Waals surface area contributed by atoms with Crippen LogP contribution in [0.5, 0.6) is 0 Å². The molecule has 1 aromatic carbocycles. The molecule has 0 N–H and O–H groups in total. The summed E-state index contributed by atoms with van der Waals surface area (Å²) < 4.78 is 30.2. The minimum Gasteiger partial charge on any atom is -0.255 e. The van der Waals surface area contributed by atoms with Crippen LogP contribution in [0.1, 0.15) is 19.4 Å². The van der Waals surface area contributed by atoms with E-state index in [9.17, 15) is 13.9 Å². The second-order valence-electron chi connectivity index (χ2n) is 6.26. The molecule has 20 heavy (non-hydrogen) atoms. The highest BCUT2D eigenvalue weighted by Crippen LogP contribution is 2.26. The molecule has 0 fully saturated rings. The third-order valence-electron chi connectivity index (χ3n) is 2.80. The van der Waals surface area contributed by atoms with E-state index < -0.39 is 25.5 Å². The molecule has 0 bridgehead atoms. The smallest absolute Gasteiger partial charge is 0.135 e. The molecule has 0 amide bonds. The van der Waals surface area contributed by atoms with Gasteiger partial charge in [0.25, 0.3) is 0 Å². The van der Waals surface area contributed by atoms with Gasteiger partial charge in [0.15, 0.2) is 0 Å². The minimum absolute atomic E-state index is 0.0580. The van der Waals surface area contributed by atoms with Crippen molar-refractivity contribution in [3.8, 4) is 6.07 Å². The molecule has 0 heterocycles. The first kappa shape index (κ1) is 16.8. The van der Waals surface area contributed by atoms with Crippen LogP contribution in [-0.4, -0.2) is 37.7 Å². The van der Waals surface area contributed by atoms with Gasteiger partial charge in [-0.25, -0.2) is 8.60 Å². The van der Waals surface area contributed by atoms with Gasteiger partial charge in [-0.05, 0) is 25.2 Å². The van der Waals surface area contributed by atoms with Crippen LogP contribution in [0, 0.1) is 17.1 Å². The summed E-state index contributed by atoms with van der Waals surface area (Å²) in [7, 11) is 2.54. The van der Waals surface area contributed by atoms with Gasteiger partial charge in [0.2, 0.25) is 0 Å². The SMILES string of the molecule is BC(B)(B)N=S(=O)(Cc1ccccc1F)C(C)(C)C#N. The molecule has 1 aromatic rings. The molecule has 1 rings (SSSR count). The summed E-state index contributed by atoms with van der Waals surface area (Å²) in [5.41, 5.74) is 0.328. The van der Waals surface area contributed by atoms with Crippen molar-refractivity contribution in [3.63, 3.8) is 0 Å². The van der Waals surface area contributed by atoms with E-state index >= 15 is 0 Å². The van der Waals surface area contributed by atoms with Gasteiger partial charge in [0.05, 0.1) is 21.6 Å². The fraction of sp³-hybridized carbons (Fsp3) is 0.417. The van der Waals surface area contributed by atoms with E-state index in [-0.39, 0.29) is 5.75 Å². The summed E-state index contributed by atoms with van der Waals surface area (Å²) in [6.07, 6.45) is 0. The van der Waals surface area contributed by atoms with E-state index in [0.29, 0.717) is 5.56 Å². The second kappa shape index (κ2) is 5.65. The number of nitriles is 1. The standard InChI is InChI=1S/C12H18B3FN2OS/c1-11(2,8-17)20(19,18-12(13,14)15)7-9-5-3-4-6-10(9)16/h3-6H,7,13-15H2,1-2H3. The van der Waals surface area contributed by atoms with Gasteiger partial charge < -0.3 is 0 Å². The maximum atomic E-state index is 13.8. The lowest BCUT2D eigenvalue weighted by molar-refractivity contribution is 0.612. The Morgan fingerprint density at radius 3 is 2.35 bits per heavy atom. The van der Waals surface area contributed by atoms with Crippen LogP contribution in [-0.2, 0) is 15.5 Å². The average molecular weight is 290 g/mol. The number of nitrogens with zero attached hydrogens (tertiary/aromatic N) is 2. The Labute approximate surface area is 123 Å². The zero-order valence-electron chi connectivity index (χ0n) is 12.6. The predicted molar refractivity (Wildman–Crippen MR) is 88.7 cm³/mol. The van der Waals surface area contributed by atoms with Crippen LogP contribution >= 0.6 is 0 Å². The molecule has 0 aliphatic rings. The highest BCUT2D eigenvalue weighted by atomic mass is 32.2. The van der Waals surface area contributed by atoms with Crippen LogP contribution in [0.2, 0.25) is 0 Å². The largest absolute Gasteiger partial charge is 0.255 e. The van der Waals surface area contributed by atoms with E-state index in [1.54, 1.807) is 32.0 Å². The third-order valence-corrected chi connectivity index (χ3v) is 6.03. The van der Waals surface area contributed by atoms with Gasteiger partial charge in [-0.1, -0.05) is 18.2 Å². The van der Waals surface area contributed by atoms with Gasteiger partial charge in [0, 0.05) is 5.56 Å². The van der Waals surface area contributed by atoms with Gasteiger partial charge in [-0.15, -0.1) is 0 Å². The van der Waals surface area contributed by atoms with Crippen molar-refractivity contribution < 1.29 is 8.60 Å². The summed E-state index contributed by atoms with van der Waals surface area (Å²) >= 11 is 0. The summed E-state index contributed by atoms with van der Waals surface area (Å²) in [6.45, 7) is 3.18. The molecular formula is C12H18B3FN2OS. The van der Waals surface area contributed by atoms with Crippen LogP contribution in [0.4, 0.5) is 4.39 Å². The summed E-state index contributed by atoms with van der Waals surface area (Å²) in [6, 6.07) is 8.23. The normalized spacial score (nSPS) is 15.1. The molecule has 0 radical (unpaired) electrons. The van der Waals surface area contributed by atoms with E-state index in [1.807, 2.05) is 23.5 Å². The van der Waals surface area contributed by atoms with Crippen molar-refractivity contribution in [3.05, 3.63) is 35.6 Å². The molecule has 0 aliphatic heterocycles. The molecule has 104 valence electrons. The van der Waals surface area contributed by atoms with Crippen molar-refractivity contribution >= 4 is 33.3 Å². The molecule has 1 atom stereocenters. The zero-order chi connectivity index (χ0) is 15.6. The summed E-state index contributed by atoms with van der Waals surface area (Å²) in [5, 5.41) is 8.73. The van der Waals surface area contributed by atoms with Crippen LogP contribution in [0.25, 0.3) is 0 Å². The fourth-order valence-electron chi connectivity index (χ4n) is 1.67. The second-order valence-corrected chi connectivity index (χ2v) is 9.03. The summed E-state index contributed by atoms with van der Waals surface area (Å²) in [4.78, 5) is 0. The molecule has 0 saturated carbocycles. The predicted octanol–water partition coefficient (Wildman–Crippen LogP) is -0.394. The minimum atomic E-state index is -2.93. The Balaban J connectivity index is 3.44. The molecular weight excluding hydrogens is 272 g/mol. The molecule has 3 nitrogen and oxygen atoms in total. The van der Waals surface area contributed by atoms with Crippen LogP contribution < -0.4 is 0 Å². The average Bonchev–Trinajstić information content (AvgIpc) is 2.29. The first-order valence-corrected chi connectivity index (χ1v) is 8.09.